The molecule has 1 aromatic carbocycles. The maximum Gasteiger partial charge on any atom is 0.0472 e. The second-order valence-corrected chi connectivity index (χ2v) is 6.57. The normalized spacial score (nSPS) is 30.1. The Morgan fingerprint density at radius 2 is 2.28 bits per heavy atom. The molecule has 1 saturated heterocycles. The smallest absolute Gasteiger partial charge is 0.0472 e. The molecule has 1 N–H and O–H groups in total. The van der Waals surface area contributed by atoms with Crippen molar-refractivity contribution >= 4 is 11.6 Å². The van der Waals surface area contributed by atoms with E-state index in [1.807, 2.05) is 0 Å². The molecule has 1 aliphatic carbocycles. The number of benzene rings is 1. The predicted molar refractivity (Wildman–Crippen MR) is 77.5 cm³/mol. The van der Waals surface area contributed by atoms with Gasteiger partial charge in [0.25, 0.3) is 0 Å². The van der Waals surface area contributed by atoms with Crippen LogP contribution in [0.25, 0.3) is 0 Å². The van der Waals surface area contributed by atoms with E-state index in [4.69, 9.17) is 11.6 Å². The van der Waals surface area contributed by atoms with Crippen LogP contribution in [-0.2, 0) is 12.8 Å². The van der Waals surface area contributed by atoms with Gasteiger partial charge in [-0.2, -0.15) is 0 Å². The van der Waals surface area contributed by atoms with E-state index in [9.17, 15) is 0 Å². The Labute approximate surface area is 115 Å². The zero-order chi connectivity index (χ0) is 12.8. The lowest BCUT2D eigenvalue weighted by atomic mass is 9.67. The van der Waals surface area contributed by atoms with Crippen LogP contribution in [0, 0.1) is 5.41 Å². The number of aryl methyl sites for hydroxylation is 1. The average molecular weight is 264 g/mol. The molecular weight excluding hydrogens is 242 g/mol. The monoisotopic (exact) mass is 263 g/mol. The van der Waals surface area contributed by atoms with E-state index >= 15 is 0 Å². The fraction of sp³-hybridized carbons (Fsp3) is 0.625. The highest BCUT2D eigenvalue weighted by molar-refractivity contribution is 6.32. The highest BCUT2D eigenvalue weighted by atomic mass is 35.5. The van der Waals surface area contributed by atoms with Crippen molar-refractivity contribution in [2.24, 2.45) is 5.41 Å². The lowest BCUT2D eigenvalue weighted by Gasteiger charge is -2.37. The average Bonchev–Trinajstić information content (AvgIpc) is 2.75. The number of rotatable bonds is 2. The summed E-state index contributed by atoms with van der Waals surface area (Å²) >= 11 is 6.62. The zero-order valence-corrected chi connectivity index (χ0v) is 12.1. The largest absolute Gasteiger partial charge is 0.316 e. The molecule has 1 heterocycles. The molecule has 98 valence electrons. The van der Waals surface area contributed by atoms with Gasteiger partial charge in [-0.05, 0) is 41.4 Å². The standard InChI is InChI=1S/C16H22ClN/c1-3-4-11-5-6-12-13(15(11)17)7-8-16(2)10-18-9-14(12)16/h5-6,14,18H,3-4,7-10H2,1-2H3/t14-,16+/m0/s1. The van der Waals surface area contributed by atoms with Gasteiger partial charge in [-0.1, -0.05) is 44.0 Å². The number of fused-ring (bicyclic) bond motifs is 3. The third-order valence-corrected chi connectivity index (χ3v) is 5.39. The van der Waals surface area contributed by atoms with Crippen LogP contribution < -0.4 is 5.32 Å². The maximum atomic E-state index is 6.62. The third kappa shape index (κ3) is 1.80. The van der Waals surface area contributed by atoms with Gasteiger partial charge in [0, 0.05) is 24.0 Å². The molecule has 0 unspecified atom stereocenters. The van der Waals surface area contributed by atoms with E-state index in [0.29, 0.717) is 11.3 Å². The van der Waals surface area contributed by atoms with Gasteiger partial charge in [-0.15, -0.1) is 0 Å². The van der Waals surface area contributed by atoms with Gasteiger partial charge in [0.1, 0.15) is 0 Å². The van der Waals surface area contributed by atoms with Gasteiger partial charge in [0.15, 0.2) is 0 Å². The van der Waals surface area contributed by atoms with Crippen LogP contribution in [0.3, 0.4) is 0 Å². The summed E-state index contributed by atoms with van der Waals surface area (Å²) in [6.45, 7) is 6.92. The Morgan fingerprint density at radius 1 is 1.44 bits per heavy atom. The summed E-state index contributed by atoms with van der Waals surface area (Å²) in [5.41, 5.74) is 4.74. The first kappa shape index (κ1) is 12.5. The van der Waals surface area contributed by atoms with Crippen molar-refractivity contribution in [2.75, 3.05) is 13.1 Å². The Kier molecular flexibility index (Phi) is 3.15. The molecule has 2 aliphatic rings. The van der Waals surface area contributed by atoms with Crippen molar-refractivity contribution in [3.63, 3.8) is 0 Å². The number of nitrogens with one attached hydrogen (secondary N) is 1. The summed E-state index contributed by atoms with van der Waals surface area (Å²) in [6, 6.07) is 4.61. The quantitative estimate of drug-likeness (QED) is 0.853. The molecule has 0 aromatic heterocycles. The van der Waals surface area contributed by atoms with Gasteiger partial charge in [-0.25, -0.2) is 0 Å². The molecule has 1 aromatic rings. The van der Waals surface area contributed by atoms with Crippen LogP contribution in [0.15, 0.2) is 12.1 Å². The minimum Gasteiger partial charge on any atom is -0.316 e. The summed E-state index contributed by atoms with van der Waals surface area (Å²) in [5.74, 6) is 0.662. The summed E-state index contributed by atoms with van der Waals surface area (Å²) in [5, 5.41) is 4.62. The second kappa shape index (κ2) is 4.54. The van der Waals surface area contributed by atoms with Crippen molar-refractivity contribution in [3.8, 4) is 0 Å². The number of hydrogen-bond acceptors (Lipinski definition) is 1. The van der Waals surface area contributed by atoms with E-state index in [1.54, 1.807) is 0 Å². The zero-order valence-electron chi connectivity index (χ0n) is 11.4. The third-order valence-electron chi connectivity index (χ3n) is 4.92. The fourth-order valence-electron chi connectivity index (χ4n) is 3.76. The molecular formula is C16H22ClN. The van der Waals surface area contributed by atoms with Gasteiger partial charge in [0.05, 0.1) is 0 Å². The molecule has 0 saturated carbocycles. The highest BCUT2D eigenvalue weighted by Crippen LogP contribution is 2.49. The Morgan fingerprint density at radius 3 is 3.06 bits per heavy atom. The van der Waals surface area contributed by atoms with Crippen molar-refractivity contribution in [2.45, 2.75) is 45.4 Å². The lowest BCUT2D eigenvalue weighted by Crippen LogP contribution is -2.30. The first-order chi connectivity index (χ1) is 8.65. The molecule has 1 nitrogen and oxygen atoms in total. The molecule has 0 radical (unpaired) electrons. The van der Waals surface area contributed by atoms with E-state index < -0.39 is 0 Å². The number of hydrogen-bond donors (Lipinski definition) is 1. The minimum absolute atomic E-state index is 0.447. The Hall–Kier alpha value is -0.530. The van der Waals surface area contributed by atoms with Crippen LogP contribution >= 0.6 is 11.6 Å². The topological polar surface area (TPSA) is 12.0 Å². The summed E-state index contributed by atoms with van der Waals surface area (Å²) in [7, 11) is 0. The Bertz CT molecular complexity index is 468. The van der Waals surface area contributed by atoms with Crippen LogP contribution in [0.2, 0.25) is 5.02 Å². The van der Waals surface area contributed by atoms with E-state index in [1.165, 1.54) is 29.5 Å². The molecule has 1 aliphatic heterocycles. The van der Waals surface area contributed by atoms with E-state index in [2.05, 4.69) is 31.3 Å². The molecule has 0 bridgehead atoms. The van der Waals surface area contributed by atoms with Gasteiger partial charge >= 0.3 is 0 Å². The van der Waals surface area contributed by atoms with Gasteiger partial charge in [0.2, 0.25) is 0 Å². The molecule has 0 spiro atoms. The molecule has 2 atom stereocenters. The van der Waals surface area contributed by atoms with Crippen molar-refractivity contribution in [1.29, 1.82) is 0 Å². The lowest BCUT2D eigenvalue weighted by molar-refractivity contribution is 0.277. The SMILES string of the molecule is CCCc1ccc2c(c1Cl)CC[C@]1(C)CNC[C@@H]21. The Balaban J connectivity index is 2.04. The molecule has 18 heavy (non-hydrogen) atoms. The first-order valence-electron chi connectivity index (χ1n) is 7.16. The summed E-state index contributed by atoms with van der Waals surface area (Å²) in [4.78, 5) is 0. The molecule has 2 heteroatoms. The summed E-state index contributed by atoms with van der Waals surface area (Å²) in [6.07, 6.45) is 4.70. The minimum atomic E-state index is 0.447. The van der Waals surface area contributed by atoms with Crippen LogP contribution in [0.1, 0.15) is 49.3 Å². The molecule has 3 rings (SSSR count). The summed E-state index contributed by atoms with van der Waals surface area (Å²) < 4.78 is 0. The van der Waals surface area contributed by atoms with Gasteiger partial charge < -0.3 is 5.32 Å². The van der Waals surface area contributed by atoms with Crippen molar-refractivity contribution in [1.82, 2.24) is 5.32 Å². The van der Waals surface area contributed by atoms with E-state index in [0.717, 1.165) is 31.0 Å². The highest BCUT2D eigenvalue weighted by Gasteiger charge is 2.43. The first-order valence-corrected chi connectivity index (χ1v) is 7.54. The van der Waals surface area contributed by atoms with Crippen LogP contribution in [0.5, 0.6) is 0 Å². The molecule has 1 fully saturated rings. The van der Waals surface area contributed by atoms with Crippen molar-refractivity contribution < 1.29 is 0 Å². The maximum absolute atomic E-state index is 6.62. The number of halogens is 1. The second-order valence-electron chi connectivity index (χ2n) is 6.19. The van der Waals surface area contributed by atoms with Crippen molar-refractivity contribution in [3.05, 3.63) is 33.8 Å². The van der Waals surface area contributed by atoms with Crippen LogP contribution in [0.4, 0.5) is 0 Å². The molecule has 0 amide bonds. The van der Waals surface area contributed by atoms with Gasteiger partial charge in [-0.3, -0.25) is 0 Å². The predicted octanol–water partition coefficient (Wildman–Crippen LogP) is 3.93. The van der Waals surface area contributed by atoms with Crippen LogP contribution in [-0.4, -0.2) is 13.1 Å². The van der Waals surface area contributed by atoms with E-state index in [-0.39, 0.29) is 0 Å². The fourth-order valence-corrected chi connectivity index (χ4v) is 4.12.